The standard InChI is InChI=1S/C17H25N3O2/c1-3-20-15(21)8-11-17(20)9-6-13(7-10-17)18-16(22)14-5-4-12-19(14)2/h4-5,12-13H,3,6-11H2,1-2H3,(H,18,22). The average molecular weight is 303 g/mol. The van der Waals surface area contributed by atoms with Gasteiger partial charge in [-0.05, 0) is 51.2 Å². The lowest BCUT2D eigenvalue weighted by molar-refractivity contribution is -0.131. The SMILES string of the molecule is CCN1C(=O)CCC12CCC(NC(=O)c1cccn1C)CC2. The van der Waals surface area contributed by atoms with Crippen molar-refractivity contribution in [1.29, 1.82) is 0 Å². The number of amides is 2. The molecule has 1 aromatic rings. The summed E-state index contributed by atoms with van der Waals surface area (Å²) < 4.78 is 1.84. The summed E-state index contributed by atoms with van der Waals surface area (Å²) in [5.41, 5.74) is 0.768. The van der Waals surface area contributed by atoms with Crippen molar-refractivity contribution >= 4 is 11.8 Å². The molecule has 22 heavy (non-hydrogen) atoms. The van der Waals surface area contributed by atoms with Gasteiger partial charge >= 0.3 is 0 Å². The van der Waals surface area contributed by atoms with Crippen LogP contribution in [0.25, 0.3) is 0 Å². The molecule has 0 atom stereocenters. The molecule has 1 aliphatic carbocycles. The van der Waals surface area contributed by atoms with Crippen molar-refractivity contribution in [2.45, 2.75) is 57.0 Å². The normalized spacial score (nSPS) is 28.4. The molecule has 2 aliphatic rings. The fourth-order valence-corrected chi connectivity index (χ4v) is 4.16. The number of nitrogens with one attached hydrogen (secondary N) is 1. The number of aryl methyl sites for hydroxylation is 1. The van der Waals surface area contributed by atoms with E-state index in [1.807, 2.05) is 29.9 Å². The van der Waals surface area contributed by atoms with Crippen LogP contribution in [0.15, 0.2) is 18.3 Å². The van der Waals surface area contributed by atoms with Crippen LogP contribution in [-0.2, 0) is 11.8 Å². The highest BCUT2D eigenvalue weighted by atomic mass is 16.2. The number of likely N-dealkylation sites (tertiary alicyclic amines) is 1. The van der Waals surface area contributed by atoms with Crippen LogP contribution < -0.4 is 5.32 Å². The number of rotatable bonds is 3. The van der Waals surface area contributed by atoms with Crippen molar-refractivity contribution in [3.63, 3.8) is 0 Å². The molecular formula is C17H25N3O2. The molecule has 0 bridgehead atoms. The minimum absolute atomic E-state index is 0.00305. The number of nitrogens with zero attached hydrogens (tertiary/aromatic N) is 2. The van der Waals surface area contributed by atoms with Gasteiger partial charge in [0.2, 0.25) is 5.91 Å². The zero-order valence-corrected chi connectivity index (χ0v) is 13.5. The fraction of sp³-hybridized carbons (Fsp3) is 0.647. The number of carbonyl (C=O) groups is 2. The lowest BCUT2D eigenvalue weighted by Gasteiger charge is -2.43. The van der Waals surface area contributed by atoms with Crippen LogP contribution in [-0.4, -0.2) is 39.4 Å². The van der Waals surface area contributed by atoms with Crippen LogP contribution in [0.4, 0.5) is 0 Å². The molecule has 2 fully saturated rings. The molecule has 5 heteroatoms. The van der Waals surface area contributed by atoms with E-state index in [2.05, 4.69) is 17.1 Å². The first-order valence-corrected chi connectivity index (χ1v) is 8.28. The zero-order chi connectivity index (χ0) is 15.7. The van der Waals surface area contributed by atoms with E-state index in [0.29, 0.717) is 18.0 Å². The maximum absolute atomic E-state index is 12.3. The van der Waals surface area contributed by atoms with Crippen LogP contribution >= 0.6 is 0 Å². The van der Waals surface area contributed by atoms with Gasteiger partial charge < -0.3 is 14.8 Å². The van der Waals surface area contributed by atoms with E-state index in [-0.39, 0.29) is 17.5 Å². The molecular weight excluding hydrogens is 278 g/mol. The van der Waals surface area contributed by atoms with Gasteiger partial charge in [-0.2, -0.15) is 0 Å². The number of hydrogen-bond acceptors (Lipinski definition) is 2. The van der Waals surface area contributed by atoms with E-state index in [4.69, 9.17) is 0 Å². The van der Waals surface area contributed by atoms with Gasteiger partial charge in [0.25, 0.3) is 5.91 Å². The van der Waals surface area contributed by atoms with Crippen molar-refractivity contribution in [3.8, 4) is 0 Å². The number of aromatic nitrogens is 1. The smallest absolute Gasteiger partial charge is 0.268 e. The second kappa shape index (κ2) is 5.78. The molecule has 5 nitrogen and oxygen atoms in total. The Kier molecular flexibility index (Phi) is 3.98. The van der Waals surface area contributed by atoms with Gasteiger partial charge in [0, 0.05) is 37.8 Å². The van der Waals surface area contributed by atoms with E-state index >= 15 is 0 Å². The van der Waals surface area contributed by atoms with Gasteiger partial charge in [0.05, 0.1) is 0 Å². The molecule has 0 unspecified atom stereocenters. The topological polar surface area (TPSA) is 54.3 Å². The molecule has 2 heterocycles. The van der Waals surface area contributed by atoms with Crippen LogP contribution in [0.5, 0.6) is 0 Å². The predicted octanol–water partition coefficient (Wildman–Crippen LogP) is 2.08. The van der Waals surface area contributed by atoms with Crippen LogP contribution in [0.3, 0.4) is 0 Å². The Morgan fingerprint density at radius 1 is 1.36 bits per heavy atom. The summed E-state index contributed by atoms with van der Waals surface area (Å²) >= 11 is 0. The quantitative estimate of drug-likeness (QED) is 0.929. The Labute approximate surface area is 131 Å². The molecule has 1 saturated heterocycles. The van der Waals surface area contributed by atoms with Crippen molar-refractivity contribution in [3.05, 3.63) is 24.0 Å². The summed E-state index contributed by atoms with van der Waals surface area (Å²) in [5, 5.41) is 3.15. The molecule has 1 aromatic heterocycles. The Bertz CT molecular complexity index is 570. The van der Waals surface area contributed by atoms with Crippen molar-refractivity contribution in [2.24, 2.45) is 7.05 Å². The molecule has 0 radical (unpaired) electrons. The van der Waals surface area contributed by atoms with E-state index in [1.165, 1.54) is 0 Å². The molecule has 2 amide bonds. The summed E-state index contributed by atoms with van der Waals surface area (Å²) in [5.74, 6) is 0.303. The summed E-state index contributed by atoms with van der Waals surface area (Å²) in [6, 6.07) is 3.95. The first-order chi connectivity index (χ1) is 10.6. The summed E-state index contributed by atoms with van der Waals surface area (Å²) in [4.78, 5) is 26.3. The first kappa shape index (κ1) is 15.1. The predicted molar refractivity (Wildman–Crippen MR) is 84.5 cm³/mol. The maximum atomic E-state index is 12.3. The van der Waals surface area contributed by atoms with E-state index in [9.17, 15) is 9.59 Å². The monoisotopic (exact) mass is 303 g/mol. The Morgan fingerprint density at radius 2 is 2.09 bits per heavy atom. The molecule has 1 N–H and O–H groups in total. The largest absolute Gasteiger partial charge is 0.348 e. The summed E-state index contributed by atoms with van der Waals surface area (Å²) in [6.07, 6.45) is 7.48. The second-order valence-electron chi connectivity index (χ2n) is 6.61. The zero-order valence-electron chi connectivity index (χ0n) is 13.5. The Hall–Kier alpha value is -1.78. The molecule has 1 saturated carbocycles. The third kappa shape index (κ3) is 2.53. The van der Waals surface area contributed by atoms with E-state index in [1.54, 1.807) is 0 Å². The minimum Gasteiger partial charge on any atom is -0.348 e. The van der Waals surface area contributed by atoms with Gasteiger partial charge in [0.15, 0.2) is 0 Å². The Morgan fingerprint density at radius 3 is 2.68 bits per heavy atom. The lowest BCUT2D eigenvalue weighted by Crippen LogP contribution is -2.51. The van der Waals surface area contributed by atoms with E-state index in [0.717, 1.165) is 38.6 Å². The summed E-state index contributed by atoms with van der Waals surface area (Å²) in [7, 11) is 1.88. The maximum Gasteiger partial charge on any atom is 0.268 e. The molecule has 3 rings (SSSR count). The number of hydrogen-bond donors (Lipinski definition) is 1. The van der Waals surface area contributed by atoms with E-state index < -0.39 is 0 Å². The summed E-state index contributed by atoms with van der Waals surface area (Å²) in [6.45, 7) is 2.87. The molecule has 1 spiro atoms. The third-order valence-corrected chi connectivity index (χ3v) is 5.42. The lowest BCUT2D eigenvalue weighted by atomic mass is 9.77. The van der Waals surface area contributed by atoms with Gasteiger partial charge in [-0.3, -0.25) is 9.59 Å². The molecule has 120 valence electrons. The highest BCUT2D eigenvalue weighted by molar-refractivity contribution is 5.92. The van der Waals surface area contributed by atoms with Gasteiger partial charge in [-0.1, -0.05) is 0 Å². The third-order valence-electron chi connectivity index (χ3n) is 5.42. The second-order valence-corrected chi connectivity index (χ2v) is 6.61. The number of carbonyl (C=O) groups excluding carboxylic acids is 2. The molecule has 0 aromatic carbocycles. The van der Waals surface area contributed by atoms with Gasteiger partial charge in [0.1, 0.15) is 5.69 Å². The van der Waals surface area contributed by atoms with Crippen molar-refractivity contribution in [1.82, 2.24) is 14.8 Å². The first-order valence-electron chi connectivity index (χ1n) is 8.28. The highest BCUT2D eigenvalue weighted by Crippen LogP contribution is 2.42. The van der Waals surface area contributed by atoms with Crippen molar-refractivity contribution < 1.29 is 9.59 Å². The highest BCUT2D eigenvalue weighted by Gasteiger charge is 2.46. The van der Waals surface area contributed by atoms with Crippen LogP contribution in [0.1, 0.15) is 55.9 Å². The van der Waals surface area contributed by atoms with Gasteiger partial charge in [-0.15, -0.1) is 0 Å². The van der Waals surface area contributed by atoms with Crippen LogP contribution in [0.2, 0.25) is 0 Å². The fourth-order valence-electron chi connectivity index (χ4n) is 4.16. The van der Waals surface area contributed by atoms with Crippen LogP contribution in [0, 0.1) is 0 Å². The molecule has 1 aliphatic heterocycles. The Balaban J connectivity index is 1.59. The van der Waals surface area contributed by atoms with Crippen molar-refractivity contribution in [2.75, 3.05) is 6.54 Å². The average Bonchev–Trinajstić information content (AvgIpc) is 3.06. The van der Waals surface area contributed by atoms with Gasteiger partial charge in [-0.25, -0.2) is 0 Å². The minimum atomic E-state index is 0.00305.